The van der Waals surface area contributed by atoms with Crippen LogP contribution in [0.25, 0.3) is 0 Å². The number of hydrogen-bond donors (Lipinski definition) is 1. The molecule has 1 aromatic carbocycles. The molecule has 0 aliphatic heterocycles. The molecule has 0 fully saturated rings. The summed E-state index contributed by atoms with van der Waals surface area (Å²) in [5.41, 5.74) is 4.47. The van der Waals surface area contributed by atoms with Gasteiger partial charge in [0.2, 0.25) is 0 Å². The molecule has 1 aromatic heterocycles. The quantitative estimate of drug-likeness (QED) is 0.809. The highest BCUT2D eigenvalue weighted by atomic mass is 15.4. The van der Waals surface area contributed by atoms with Crippen LogP contribution in [-0.2, 0) is 25.9 Å². The predicted molar refractivity (Wildman–Crippen MR) is 70.2 cm³/mol. The Morgan fingerprint density at radius 1 is 1.22 bits per heavy atom. The summed E-state index contributed by atoms with van der Waals surface area (Å²) in [7, 11) is 0. The third-order valence-electron chi connectivity index (χ3n) is 3.48. The Kier molecular flexibility index (Phi) is 3.37. The second-order valence-corrected chi connectivity index (χ2v) is 4.80. The van der Waals surface area contributed by atoms with Gasteiger partial charge in [-0.2, -0.15) is 0 Å². The third kappa shape index (κ3) is 2.59. The van der Waals surface area contributed by atoms with Crippen LogP contribution in [0.5, 0.6) is 0 Å². The second kappa shape index (κ2) is 5.31. The van der Waals surface area contributed by atoms with E-state index >= 15 is 0 Å². The average Bonchev–Trinajstić information content (AvgIpc) is 3.05. The van der Waals surface area contributed by atoms with Gasteiger partial charge in [0, 0.05) is 19.3 Å². The maximum atomic E-state index is 3.93. The molecule has 94 valence electrons. The number of rotatable bonds is 5. The minimum Gasteiger partial charge on any atom is -0.311 e. The first kappa shape index (κ1) is 11.4. The lowest BCUT2D eigenvalue weighted by Gasteiger charge is -2.07. The summed E-state index contributed by atoms with van der Waals surface area (Å²) in [6.07, 6.45) is 7.42. The molecule has 0 radical (unpaired) electrons. The molecule has 0 atom stereocenters. The van der Waals surface area contributed by atoms with Gasteiger partial charge in [-0.3, -0.25) is 4.68 Å². The fourth-order valence-corrected chi connectivity index (χ4v) is 2.51. The van der Waals surface area contributed by atoms with Crippen molar-refractivity contribution < 1.29 is 0 Å². The zero-order valence-corrected chi connectivity index (χ0v) is 10.5. The lowest BCUT2D eigenvalue weighted by atomic mass is 10.1. The van der Waals surface area contributed by atoms with Crippen LogP contribution in [0.1, 0.15) is 23.1 Å². The molecule has 0 spiro atoms. The maximum absolute atomic E-state index is 3.93. The van der Waals surface area contributed by atoms with Crippen molar-refractivity contribution in [2.75, 3.05) is 6.54 Å². The zero-order chi connectivity index (χ0) is 12.2. The van der Waals surface area contributed by atoms with E-state index in [0.29, 0.717) is 0 Å². The highest BCUT2D eigenvalue weighted by Crippen LogP contribution is 2.22. The van der Waals surface area contributed by atoms with Crippen molar-refractivity contribution in [3.63, 3.8) is 0 Å². The van der Waals surface area contributed by atoms with Gasteiger partial charge in [-0.25, -0.2) is 0 Å². The van der Waals surface area contributed by atoms with Crippen LogP contribution in [0.15, 0.2) is 30.6 Å². The number of hydrogen-bond acceptors (Lipinski definition) is 3. The van der Waals surface area contributed by atoms with Gasteiger partial charge in [0.1, 0.15) is 0 Å². The maximum Gasteiger partial charge on any atom is 0.0692 e. The zero-order valence-electron chi connectivity index (χ0n) is 10.5. The number of nitrogens with one attached hydrogen (secondary N) is 1. The summed E-state index contributed by atoms with van der Waals surface area (Å²) in [4.78, 5) is 0. The van der Waals surface area contributed by atoms with E-state index in [1.54, 1.807) is 17.3 Å². The molecule has 0 amide bonds. The molecule has 1 N–H and O–H groups in total. The van der Waals surface area contributed by atoms with Gasteiger partial charge in [0.05, 0.1) is 12.7 Å². The number of fused-ring (bicyclic) bond motifs is 1. The average molecular weight is 242 g/mol. The summed E-state index contributed by atoms with van der Waals surface area (Å²) >= 11 is 0. The molecule has 4 nitrogen and oxygen atoms in total. The van der Waals surface area contributed by atoms with Gasteiger partial charge < -0.3 is 5.32 Å². The van der Waals surface area contributed by atoms with Gasteiger partial charge in [-0.1, -0.05) is 23.4 Å². The van der Waals surface area contributed by atoms with E-state index < -0.39 is 0 Å². The fraction of sp³-hybridized carbons (Fsp3) is 0.429. The van der Waals surface area contributed by atoms with Gasteiger partial charge in [-0.05, 0) is 36.0 Å². The van der Waals surface area contributed by atoms with E-state index in [1.807, 2.05) is 10.9 Å². The van der Waals surface area contributed by atoms with Crippen LogP contribution in [0.3, 0.4) is 0 Å². The Morgan fingerprint density at radius 3 is 3.06 bits per heavy atom. The largest absolute Gasteiger partial charge is 0.311 e. The van der Waals surface area contributed by atoms with Crippen molar-refractivity contribution in [3.8, 4) is 0 Å². The molecular formula is C14H18N4. The first-order valence-corrected chi connectivity index (χ1v) is 6.57. The van der Waals surface area contributed by atoms with Gasteiger partial charge >= 0.3 is 0 Å². The molecule has 0 saturated carbocycles. The van der Waals surface area contributed by atoms with E-state index in [1.165, 1.54) is 24.8 Å². The number of benzene rings is 1. The molecule has 3 rings (SSSR count). The first-order valence-electron chi connectivity index (χ1n) is 6.57. The fourth-order valence-electron chi connectivity index (χ4n) is 2.51. The summed E-state index contributed by atoms with van der Waals surface area (Å²) < 4.78 is 1.84. The highest BCUT2D eigenvalue weighted by molar-refractivity contribution is 5.35. The molecule has 1 heterocycles. The van der Waals surface area contributed by atoms with E-state index in [0.717, 1.165) is 19.6 Å². The molecule has 4 heteroatoms. The van der Waals surface area contributed by atoms with E-state index in [-0.39, 0.29) is 0 Å². The van der Waals surface area contributed by atoms with Crippen molar-refractivity contribution in [1.29, 1.82) is 0 Å². The molecule has 18 heavy (non-hydrogen) atoms. The van der Waals surface area contributed by atoms with E-state index in [2.05, 4.69) is 33.8 Å². The number of aromatic nitrogens is 3. The van der Waals surface area contributed by atoms with Gasteiger partial charge in [0.25, 0.3) is 0 Å². The van der Waals surface area contributed by atoms with Crippen molar-refractivity contribution in [2.45, 2.75) is 32.4 Å². The lowest BCUT2D eigenvalue weighted by Crippen LogP contribution is -2.19. The Bertz CT molecular complexity index is 505. The van der Waals surface area contributed by atoms with Crippen LogP contribution in [0.2, 0.25) is 0 Å². The van der Waals surface area contributed by atoms with Gasteiger partial charge in [-0.15, -0.1) is 5.10 Å². The Hall–Kier alpha value is -1.68. The standard InChI is InChI=1S/C14H18N4/c1-2-13-5-4-12(10-14(13)3-1)11-15-6-8-18-9-7-16-17-18/h4-5,7,9-10,15H,1-3,6,8,11H2. The third-order valence-corrected chi connectivity index (χ3v) is 3.48. The van der Waals surface area contributed by atoms with Gasteiger partial charge in [0.15, 0.2) is 0 Å². The Balaban J connectivity index is 1.48. The SMILES string of the molecule is c1cn(CCNCc2ccc3c(c2)CCC3)nn1. The molecule has 0 unspecified atom stereocenters. The smallest absolute Gasteiger partial charge is 0.0692 e. The summed E-state index contributed by atoms with van der Waals surface area (Å²) in [6.45, 7) is 2.72. The predicted octanol–water partition coefficient (Wildman–Crippen LogP) is 1.56. The Morgan fingerprint density at radius 2 is 2.17 bits per heavy atom. The minimum atomic E-state index is 0.866. The topological polar surface area (TPSA) is 42.7 Å². The molecule has 1 aliphatic rings. The number of nitrogens with zero attached hydrogens (tertiary/aromatic N) is 3. The van der Waals surface area contributed by atoms with Crippen LogP contribution < -0.4 is 5.32 Å². The molecule has 2 aromatic rings. The Labute approximate surface area is 107 Å². The highest BCUT2D eigenvalue weighted by Gasteiger charge is 2.10. The van der Waals surface area contributed by atoms with Crippen LogP contribution in [0, 0.1) is 0 Å². The molecule has 0 bridgehead atoms. The minimum absolute atomic E-state index is 0.866. The molecule has 0 saturated heterocycles. The first-order chi connectivity index (χ1) is 8.92. The monoisotopic (exact) mass is 242 g/mol. The summed E-state index contributed by atoms with van der Waals surface area (Å²) in [5, 5.41) is 11.2. The van der Waals surface area contributed by atoms with Crippen molar-refractivity contribution >= 4 is 0 Å². The normalized spacial score (nSPS) is 13.8. The van der Waals surface area contributed by atoms with Crippen LogP contribution in [-0.4, -0.2) is 21.5 Å². The van der Waals surface area contributed by atoms with E-state index in [9.17, 15) is 0 Å². The number of aryl methyl sites for hydroxylation is 2. The summed E-state index contributed by atoms with van der Waals surface area (Å²) in [6, 6.07) is 6.88. The lowest BCUT2D eigenvalue weighted by molar-refractivity contribution is 0.540. The molecular weight excluding hydrogens is 224 g/mol. The van der Waals surface area contributed by atoms with Crippen LogP contribution >= 0.6 is 0 Å². The van der Waals surface area contributed by atoms with Crippen LogP contribution in [0.4, 0.5) is 0 Å². The van der Waals surface area contributed by atoms with Crippen molar-refractivity contribution in [1.82, 2.24) is 20.3 Å². The summed E-state index contributed by atoms with van der Waals surface area (Å²) in [5.74, 6) is 0. The van der Waals surface area contributed by atoms with E-state index in [4.69, 9.17) is 0 Å². The van der Waals surface area contributed by atoms with Crippen molar-refractivity contribution in [2.24, 2.45) is 0 Å². The molecule has 1 aliphatic carbocycles. The van der Waals surface area contributed by atoms with Crippen molar-refractivity contribution in [3.05, 3.63) is 47.3 Å². The second-order valence-electron chi connectivity index (χ2n) is 4.80.